The molecule has 2 heterocycles. The number of hydrogen-bond acceptors (Lipinski definition) is 2. The van der Waals surface area contributed by atoms with Gasteiger partial charge in [-0.25, -0.2) is 0 Å². The summed E-state index contributed by atoms with van der Waals surface area (Å²) >= 11 is 0. The molecule has 0 unspecified atom stereocenters. The molecule has 1 aromatic heterocycles. The first-order valence-corrected chi connectivity index (χ1v) is 8.28. The first-order valence-electron chi connectivity index (χ1n) is 8.28. The third-order valence-corrected chi connectivity index (χ3v) is 4.57. The number of rotatable bonds is 5. The van der Waals surface area contributed by atoms with E-state index < -0.39 is 11.7 Å². The van der Waals surface area contributed by atoms with Crippen LogP contribution >= 0.6 is 0 Å². The van der Waals surface area contributed by atoms with Gasteiger partial charge in [0.15, 0.2) is 11.8 Å². The van der Waals surface area contributed by atoms with Crippen molar-refractivity contribution in [3.63, 3.8) is 0 Å². The van der Waals surface area contributed by atoms with Gasteiger partial charge in [-0.1, -0.05) is 0 Å². The van der Waals surface area contributed by atoms with Gasteiger partial charge in [0.2, 0.25) is 0 Å². The predicted octanol–water partition coefficient (Wildman–Crippen LogP) is 2.45. The molecule has 2 aromatic rings. The topological polar surface area (TPSA) is 46.7 Å². The van der Waals surface area contributed by atoms with Crippen LogP contribution in [0.4, 0.5) is 13.2 Å². The lowest BCUT2D eigenvalue weighted by atomic mass is 10.1. The number of amides is 1. The molecule has 0 spiro atoms. The molecule has 1 aliphatic heterocycles. The van der Waals surface area contributed by atoms with E-state index in [1.807, 2.05) is 12.1 Å². The third kappa shape index (κ3) is 4.22. The van der Waals surface area contributed by atoms with Crippen LogP contribution in [0.25, 0.3) is 0 Å². The van der Waals surface area contributed by atoms with Crippen LogP contribution in [-0.4, -0.2) is 25.5 Å². The molecule has 4 nitrogen and oxygen atoms in total. The standard InChI is InChI=1S/C18H19F3N2O2/c19-18(20,21)14-7-5-13(6-8-14)17(24)22-12-15(16-4-3-11-25-16)23-9-1-2-10-23/h3-8,11,15H,1-2,9-10,12H2,(H,22,24)/p+1/t15-/m1/s1. The minimum atomic E-state index is -4.40. The lowest BCUT2D eigenvalue weighted by Crippen LogP contribution is -3.11. The van der Waals surface area contributed by atoms with Crippen molar-refractivity contribution in [1.29, 1.82) is 0 Å². The maximum absolute atomic E-state index is 12.6. The summed E-state index contributed by atoms with van der Waals surface area (Å²) in [7, 11) is 0. The fourth-order valence-corrected chi connectivity index (χ4v) is 3.22. The monoisotopic (exact) mass is 353 g/mol. The second-order valence-corrected chi connectivity index (χ2v) is 6.22. The van der Waals surface area contributed by atoms with Crippen LogP contribution in [0.1, 0.15) is 40.6 Å². The van der Waals surface area contributed by atoms with E-state index in [4.69, 9.17) is 4.42 Å². The van der Waals surface area contributed by atoms with Gasteiger partial charge in [-0.2, -0.15) is 13.2 Å². The van der Waals surface area contributed by atoms with Crippen molar-refractivity contribution in [2.45, 2.75) is 25.1 Å². The third-order valence-electron chi connectivity index (χ3n) is 4.57. The Hall–Kier alpha value is -2.28. The van der Waals surface area contributed by atoms with Crippen LogP contribution in [0, 0.1) is 0 Å². The Morgan fingerprint density at radius 2 is 1.84 bits per heavy atom. The van der Waals surface area contributed by atoms with E-state index in [0.29, 0.717) is 6.54 Å². The van der Waals surface area contributed by atoms with Crippen LogP contribution in [0.3, 0.4) is 0 Å². The van der Waals surface area contributed by atoms with E-state index in [9.17, 15) is 18.0 Å². The van der Waals surface area contributed by atoms with Crippen molar-refractivity contribution in [2.24, 2.45) is 0 Å². The van der Waals surface area contributed by atoms with Crippen molar-refractivity contribution in [1.82, 2.24) is 5.32 Å². The lowest BCUT2D eigenvalue weighted by molar-refractivity contribution is -0.919. The number of quaternary nitrogens is 1. The highest BCUT2D eigenvalue weighted by Gasteiger charge is 2.31. The summed E-state index contributed by atoms with van der Waals surface area (Å²) < 4.78 is 43.3. The second kappa shape index (κ2) is 7.31. The molecule has 1 atom stereocenters. The quantitative estimate of drug-likeness (QED) is 0.867. The number of halogens is 3. The molecule has 7 heteroatoms. The molecule has 2 N–H and O–H groups in total. The molecule has 0 saturated carbocycles. The Bertz CT molecular complexity index is 690. The summed E-state index contributed by atoms with van der Waals surface area (Å²) in [5.41, 5.74) is -0.554. The van der Waals surface area contributed by atoms with Gasteiger partial charge in [0, 0.05) is 18.4 Å². The molecule has 0 bridgehead atoms. The van der Waals surface area contributed by atoms with Crippen molar-refractivity contribution in [3.8, 4) is 0 Å². The highest BCUT2D eigenvalue weighted by atomic mass is 19.4. The van der Waals surface area contributed by atoms with E-state index >= 15 is 0 Å². The number of nitrogens with one attached hydrogen (secondary N) is 2. The van der Waals surface area contributed by atoms with Gasteiger partial charge in [0.25, 0.3) is 5.91 Å². The maximum Gasteiger partial charge on any atom is 0.416 e. The predicted molar refractivity (Wildman–Crippen MR) is 85.2 cm³/mol. The van der Waals surface area contributed by atoms with E-state index in [1.165, 1.54) is 17.0 Å². The van der Waals surface area contributed by atoms with Crippen molar-refractivity contribution >= 4 is 5.91 Å². The Kier molecular flexibility index (Phi) is 5.13. The number of carbonyl (C=O) groups is 1. The number of hydrogen-bond donors (Lipinski definition) is 2. The minimum absolute atomic E-state index is 0.0101. The summed E-state index contributed by atoms with van der Waals surface area (Å²) in [4.78, 5) is 13.6. The van der Waals surface area contributed by atoms with E-state index in [-0.39, 0.29) is 17.5 Å². The molecule has 134 valence electrons. The van der Waals surface area contributed by atoms with Crippen LogP contribution in [0.2, 0.25) is 0 Å². The average molecular weight is 353 g/mol. The smallest absolute Gasteiger partial charge is 0.416 e. The number of furan rings is 1. The molecule has 1 fully saturated rings. The van der Waals surface area contributed by atoms with Gasteiger partial charge in [-0.3, -0.25) is 4.79 Å². The molecule has 1 saturated heterocycles. The normalized spacial score (nSPS) is 16.8. The van der Waals surface area contributed by atoms with E-state index in [2.05, 4.69) is 5.32 Å². The molecule has 1 amide bonds. The fourth-order valence-electron chi connectivity index (χ4n) is 3.22. The molecule has 3 rings (SSSR count). The zero-order valence-electron chi connectivity index (χ0n) is 13.6. The summed E-state index contributed by atoms with van der Waals surface area (Å²) in [5, 5.41) is 2.82. The highest BCUT2D eigenvalue weighted by Crippen LogP contribution is 2.29. The van der Waals surface area contributed by atoms with Crippen LogP contribution in [0.15, 0.2) is 47.1 Å². The summed E-state index contributed by atoms with van der Waals surface area (Å²) in [5.74, 6) is 0.425. The molecule has 1 aromatic carbocycles. The molecular formula is C18H20F3N2O2+. The molecule has 0 radical (unpaired) electrons. The Balaban J connectivity index is 1.65. The first kappa shape index (κ1) is 17.5. The number of benzene rings is 1. The molecule has 25 heavy (non-hydrogen) atoms. The highest BCUT2D eigenvalue weighted by molar-refractivity contribution is 5.94. The van der Waals surface area contributed by atoms with E-state index in [0.717, 1.165) is 43.8 Å². The van der Waals surface area contributed by atoms with E-state index in [1.54, 1.807) is 6.26 Å². The molecule has 0 aliphatic carbocycles. The number of likely N-dealkylation sites (tertiary alicyclic amines) is 1. The summed E-state index contributed by atoms with van der Waals surface area (Å²) in [6.07, 6.45) is -0.521. The van der Waals surface area contributed by atoms with Crippen molar-refractivity contribution in [2.75, 3.05) is 19.6 Å². The lowest BCUT2D eigenvalue weighted by Gasteiger charge is -2.23. The van der Waals surface area contributed by atoms with Crippen LogP contribution in [-0.2, 0) is 6.18 Å². The summed E-state index contributed by atoms with van der Waals surface area (Å²) in [6.45, 7) is 2.41. The SMILES string of the molecule is O=C(NC[C@H](c1ccco1)[NH+]1CCCC1)c1ccc(C(F)(F)F)cc1. The van der Waals surface area contributed by atoms with Gasteiger partial charge >= 0.3 is 6.18 Å². The average Bonchev–Trinajstić information content (AvgIpc) is 3.28. The maximum atomic E-state index is 12.6. The van der Waals surface area contributed by atoms with Gasteiger partial charge in [-0.15, -0.1) is 0 Å². The largest absolute Gasteiger partial charge is 0.463 e. The second-order valence-electron chi connectivity index (χ2n) is 6.22. The van der Waals surface area contributed by atoms with Gasteiger partial charge < -0.3 is 14.6 Å². The minimum Gasteiger partial charge on any atom is -0.463 e. The number of carbonyl (C=O) groups excluding carboxylic acids is 1. The van der Waals surface area contributed by atoms with Gasteiger partial charge in [0.05, 0.1) is 31.5 Å². The Labute approximate surface area is 143 Å². The summed E-state index contributed by atoms with van der Waals surface area (Å²) in [6, 6.07) is 7.95. The number of alkyl halides is 3. The van der Waals surface area contributed by atoms with Gasteiger partial charge in [0.1, 0.15) is 0 Å². The molecule has 1 aliphatic rings. The zero-order valence-corrected chi connectivity index (χ0v) is 13.6. The Morgan fingerprint density at radius 1 is 1.16 bits per heavy atom. The van der Waals surface area contributed by atoms with Crippen LogP contribution in [0.5, 0.6) is 0 Å². The fraction of sp³-hybridized carbons (Fsp3) is 0.389. The van der Waals surface area contributed by atoms with Crippen molar-refractivity contribution < 1.29 is 27.3 Å². The van der Waals surface area contributed by atoms with Gasteiger partial charge in [-0.05, 0) is 36.4 Å². The first-order chi connectivity index (χ1) is 11.9. The van der Waals surface area contributed by atoms with Crippen LogP contribution < -0.4 is 10.2 Å². The zero-order chi connectivity index (χ0) is 17.9. The molecular weight excluding hydrogens is 333 g/mol. The van der Waals surface area contributed by atoms with Crippen molar-refractivity contribution in [3.05, 3.63) is 59.5 Å². The Morgan fingerprint density at radius 3 is 2.40 bits per heavy atom.